The van der Waals surface area contributed by atoms with Crippen molar-refractivity contribution in [2.45, 2.75) is 77.6 Å². The zero-order valence-corrected chi connectivity index (χ0v) is 26.8. The molecule has 2 saturated heterocycles. The maximum Gasteiger partial charge on any atom is 0.408 e. The van der Waals surface area contributed by atoms with Crippen molar-refractivity contribution < 1.29 is 28.7 Å². The van der Waals surface area contributed by atoms with Crippen LogP contribution in [0.2, 0.25) is 0 Å². The summed E-state index contributed by atoms with van der Waals surface area (Å²) >= 11 is 0. The molecule has 2 aromatic rings. The Labute approximate surface area is 265 Å². The number of benzene rings is 2. The number of ether oxygens (including phenoxy) is 2. The van der Waals surface area contributed by atoms with Gasteiger partial charge in [-0.1, -0.05) is 12.1 Å². The Bertz CT molecular complexity index is 1410. The van der Waals surface area contributed by atoms with Crippen LogP contribution < -0.4 is 20.3 Å². The van der Waals surface area contributed by atoms with Gasteiger partial charge in [0.2, 0.25) is 11.8 Å². The number of hydrogen-bond acceptors (Lipinski definition) is 8. The molecule has 0 saturated carbocycles. The summed E-state index contributed by atoms with van der Waals surface area (Å²) < 4.78 is 11.4. The molecule has 2 unspecified atom stereocenters. The lowest BCUT2D eigenvalue weighted by molar-refractivity contribution is -0.136. The van der Waals surface area contributed by atoms with Gasteiger partial charge in [0, 0.05) is 50.4 Å². The first-order chi connectivity index (χ1) is 21.5. The zero-order valence-electron chi connectivity index (χ0n) is 26.8. The SMILES string of the molecule is CC(NC(=O)OC(C)(C)C)c1cccc(OCCCCN2CCN(c3ccc4c(c3)CN(C3CCC(=O)NC3=O)C4=O)CC2)c1. The minimum atomic E-state index is -0.595. The molecule has 4 amide bonds. The molecule has 2 N–H and O–H groups in total. The lowest BCUT2D eigenvalue weighted by Gasteiger charge is -2.36. The van der Waals surface area contributed by atoms with Gasteiger partial charge in [0.1, 0.15) is 17.4 Å². The van der Waals surface area contributed by atoms with Gasteiger partial charge >= 0.3 is 6.09 Å². The molecule has 0 aliphatic carbocycles. The van der Waals surface area contributed by atoms with E-state index in [1.807, 2.05) is 64.1 Å². The minimum Gasteiger partial charge on any atom is -0.494 e. The lowest BCUT2D eigenvalue weighted by atomic mass is 10.0. The van der Waals surface area contributed by atoms with E-state index in [4.69, 9.17) is 9.47 Å². The number of imide groups is 1. The van der Waals surface area contributed by atoms with Gasteiger partial charge in [-0.3, -0.25) is 24.6 Å². The molecule has 0 aromatic heterocycles. The second-order valence-electron chi connectivity index (χ2n) is 13.1. The Morgan fingerprint density at radius 1 is 1.04 bits per heavy atom. The molecule has 5 rings (SSSR count). The number of carbonyl (C=O) groups excluding carboxylic acids is 4. The summed E-state index contributed by atoms with van der Waals surface area (Å²) in [6.07, 6.45) is 2.16. The summed E-state index contributed by atoms with van der Waals surface area (Å²) in [6.45, 7) is 13.2. The first kappa shape index (κ1) is 32.3. The summed E-state index contributed by atoms with van der Waals surface area (Å²) in [6, 6.07) is 13.0. The van der Waals surface area contributed by atoms with Crippen LogP contribution in [0, 0.1) is 0 Å². The fourth-order valence-electron chi connectivity index (χ4n) is 6.06. The fourth-order valence-corrected chi connectivity index (χ4v) is 6.06. The summed E-state index contributed by atoms with van der Waals surface area (Å²) in [5.41, 5.74) is 3.08. The number of unbranched alkanes of at least 4 members (excludes halogenated alkanes) is 1. The van der Waals surface area contributed by atoms with Crippen LogP contribution in [0.4, 0.5) is 10.5 Å². The molecule has 242 valence electrons. The third kappa shape index (κ3) is 8.33. The molecule has 11 nitrogen and oxygen atoms in total. The smallest absolute Gasteiger partial charge is 0.408 e. The number of fused-ring (bicyclic) bond motifs is 1. The minimum absolute atomic E-state index is 0.141. The van der Waals surface area contributed by atoms with E-state index in [-0.39, 0.29) is 30.2 Å². The second kappa shape index (κ2) is 13.9. The van der Waals surface area contributed by atoms with Crippen LogP contribution in [0.1, 0.15) is 80.9 Å². The normalized spacial score (nSPS) is 19.6. The molecular weight excluding hydrogens is 574 g/mol. The van der Waals surface area contributed by atoms with E-state index in [0.29, 0.717) is 25.1 Å². The Morgan fingerprint density at radius 3 is 2.56 bits per heavy atom. The number of alkyl carbamates (subject to hydrolysis) is 1. The summed E-state index contributed by atoms with van der Waals surface area (Å²) in [4.78, 5) is 55.4. The first-order valence-electron chi connectivity index (χ1n) is 15.9. The Morgan fingerprint density at radius 2 is 1.82 bits per heavy atom. The van der Waals surface area contributed by atoms with Crippen LogP contribution in [-0.4, -0.2) is 84.6 Å². The van der Waals surface area contributed by atoms with Gasteiger partial charge in [0.15, 0.2) is 0 Å². The Balaban J connectivity index is 1.02. The quantitative estimate of drug-likeness (QED) is 0.302. The van der Waals surface area contributed by atoms with Crippen molar-refractivity contribution in [1.29, 1.82) is 0 Å². The Kier molecular flexibility index (Phi) is 9.96. The highest BCUT2D eigenvalue weighted by Gasteiger charge is 2.39. The van der Waals surface area contributed by atoms with E-state index >= 15 is 0 Å². The molecule has 0 radical (unpaired) electrons. The van der Waals surface area contributed by atoms with Crippen LogP contribution in [0.15, 0.2) is 42.5 Å². The number of piperidine rings is 1. The molecule has 45 heavy (non-hydrogen) atoms. The van der Waals surface area contributed by atoms with Gasteiger partial charge in [-0.2, -0.15) is 0 Å². The van der Waals surface area contributed by atoms with E-state index in [2.05, 4.69) is 26.5 Å². The zero-order chi connectivity index (χ0) is 32.1. The van der Waals surface area contributed by atoms with Gasteiger partial charge in [0.05, 0.1) is 12.6 Å². The van der Waals surface area contributed by atoms with Crippen molar-refractivity contribution in [3.8, 4) is 5.75 Å². The van der Waals surface area contributed by atoms with E-state index in [0.717, 1.165) is 68.1 Å². The van der Waals surface area contributed by atoms with Crippen molar-refractivity contribution in [2.75, 3.05) is 44.2 Å². The van der Waals surface area contributed by atoms with Gasteiger partial charge in [-0.25, -0.2) is 4.79 Å². The molecular formula is C34H45N5O6. The summed E-state index contributed by atoms with van der Waals surface area (Å²) in [5, 5.41) is 5.23. The number of amides is 4. The monoisotopic (exact) mass is 619 g/mol. The predicted octanol–water partition coefficient (Wildman–Crippen LogP) is 4.01. The second-order valence-corrected chi connectivity index (χ2v) is 13.1. The van der Waals surface area contributed by atoms with Gasteiger partial charge < -0.3 is 24.6 Å². The van der Waals surface area contributed by atoms with E-state index in [1.54, 1.807) is 4.90 Å². The van der Waals surface area contributed by atoms with E-state index in [1.165, 1.54) is 0 Å². The molecule has 2 fully saturated rings. The maximum atomic E-state index is 13.0. The standard InChI is InChI=1S/C34H45N5O6/c1-23(35-33(43)45-34(2,3)4)24-8-7-9-27(21-24)44-19-6-5-14-37-15-17-38(18-16-37)26-10-11-28-25(20-26)22-39(32(28)42)29-12-13-30(40)36-31(29)41/h7-11,20-21,23,29H,5-6,12-19,22H2,1-4H3,(H,35,43)(H,36,40,41). The van der Waals surface area contributed by atoms with E-state index < -0.39 is 17.7 Å². The number of piperazine rings is 1. The van der Waals surface area contributed by atoms with Crippen molar-refractivity contribution in [2.24, 2.45) is 0 Å². The summed E-state index contributed by atoms with van der Waals surface area (Å²) in [7, 11) is 0. The van der Waals surface area contributed by atoms with Crippen molar-refractivity contribution in [3.63, 3.8) is 0 Å². The van der Waals surface area contributed by atoms with Gasteiger partial charge in [0.25, 0.3) is 5.91 Å². The Hall–Kier alpha value is -4.12. The van der Waals surface area contributed by atoms with E-state index in [9.17, 15) is 19.2 Å². The topological polar surface area (TPSA) is 121 Å². The van der Waals surface area contributed by atoms with Crippen LogP contribution >= 0.6 is 0 Å². The maximum absolute atomic E-state index is 13.0. The van der Waals surface area contributed by atoms with Crippen LogP contribution in [0.25, 0.3) is 0 Å². The number of carbonyl (C=O) groups is 4. The van der Waals surface area contributed by atoms with Crippen LogP contribution in [-0.2, 0) is 20.9 Å². The average molecular weight is 620 g/mol. The largest absolute Gasteiger partial charge is 0.494 e. The van der Waals surface area contributed by atoms with Crippen molar-refractivity contribution in [1.82, 2.24) is 20.4 Å². The van der Waals surface area contributed by atoms with Crippen molar-refractivity contribution in [3.05, 3.63) is 59.2 Å². The average Bonchev–Trinajstić information content (AvgIpc) is 3.31. The number of nitrogens with zero attached hydrogens (tertiary/aromatic N) is 3. The highest BCUT2D eigenvalue weighted by molar-refractivity contribution is 6.05. The molecule has 0 bridgehead atoms. The molecule has 0 spiro atoms. The first-order valence-corrected chi connectivity index (χ1v) is 15.9. The lowest BCUT2D eigenvalue weighted by Crippen LogP contribution is -2.52. The molecule has 3 aliphatic rings. The molecule has 2 atom stereocenters. The third-order valence-corrected chi connectivity index (χ3v) is 8.47. The fraction of sp³-hybridized carbons (Fsp3) is 0.529. The molecule has 3 aliphatic heterocycles. The third-order valence-electron chi connectivity index (χ3n) is 8.47. The number of anilines is 1. The highest BCUT2D eigenvalue weighted by Crippen LogP contribution is 2.31. The molecule has 3 heterocycles. The number of nitrogens with one attached hydrogen (secondary N) is 2. The van der Waals surface area contributed by atoms with Crippen LogP contribution in [0.5, 0.6) is 5.75 Å². The number of rotatable bonds is 10. The van der Waals surface area contributed by atoms with Gasteiger partial charge in [-0.05, 0) is 95.0 Å². The highest BCUT2D eigenvalue weighted by atomic mass is 16.6. The molecule has 2 aromatic carbocycles. The van der Waals surface area contributed by atoms with Crippen LogP contribution in [0.3, 0.4) is 0 Å². The number of hydrogen-bond donors (Lipinski definition) is 2. The predicted molar refractivity (Wildman–Crippen MR) is 170 cm³/mol. The van der Waals surface area contributed by atoms with Gasteiger partial charge in [-0.15, -0.1) is 0 Å². The van der Waals surface area contributed by atoms with Crippen molar-refractivity contribution >= 4 is 29.5 Å². The summed E-state index contributed by atoms with van der Waals surface area (Å²) in [5.74, 6) is -0.0188. The molecule has 11 heteroatoms.